The van der Waals surface area contributed by atoms with E-state index in [1.807, 2.05) is 36.7 Å². The molecule has 7 rings (SSSR count). The van der Waals surface area contributed by atoms with Gasteiger partial charge < -0.3 is 5.11 Å². The molecule has 0 fully saturated rings. The quantitative estimate of drug-likeness (QED) is 0.0890. The van der Waals surface area contributed by atoms with Crippen molar-refractivity contribution in [1.29, 1.82) is 0 Å². The lowest BCUT2D eigenvalue weighted by Crippen LogP contribution is -2.75. The zero-order valence-electron chi connectivity index (χ0n) is 39.2. The van der Waals surface area contributed by atoms with E-state index in [0.717, 1.165) is 17.8 Å². The van der Waals surface area contributed by atoms with Crippen molar-refractivity contribution in [3.8, 4) is 0 Å². The maximum absolute atomic E-state index is 14.2. The van der Waals surface area contributed by atoms with E-state index in [9.17, 15) is 110 Å². The molecule has 0 bridgehead atoms. The summed E-state index contributed by atoms with van der Waals surface area (Å²) in [7, 11) is 0. The van der Waals surface area contributed by atoms with Crippen molar-refractivity contribution in [3.05, 3.63) is 213 Å². The Kier molecular flexibility index (Phi) is 16.7. The molecule has 80 heavy (non-hydrogen) atoms. The van der Waals surface area contributed by atoms with E-state index in [1.54, 1.807) is 24.4 Å². The van der Waals surface area contributed by atoms with Crippen LogP contribution in [0, 0.1) is 0 Å². The van der Waals surface area contributed by atoms with Crippen LogP contribution in [0.15, 0.2) is 146 Å². The van der Waals surface area contributed by atoms with Crippen molar-refractivity contribution >= 4 is 34.0 Å². The predicted molar refractivity (Wildman–Crippen MR) is 236 cm³/mol. The molecule has 1 N–H and O–H groups in total. The number of nitrogens with zero attached hydrogens (tertiary/aromatic N) is 2. The SMILES string of the molecule is FC(F)(F)c1cc([B-](c2cc(C(F)(F)F)cc(C(F)(F)F)c2)(c2cc(C(F)(F)F)cc(C(F)(F)F)c2)c2cc(C(F)(F)F)cc(C(F)(F)F)c2)cc(C(F)(F)F)c1.O=C(O)c1cccc(Cc2cncc[n+]2Cc2ccccc2)c1. The van der Waals surface area contributed by atoms with Gasteiger partial charge >= 0.3 is 55.4 Å². The summed E-state index contributed by atoms with van der Waals surface area (Å²) in [6.07, 6.45) is -48.6. The van der Waals surface area contributed by atoms with Gasteiger partial charge in [0, 0.05) is 5.56 Å². The van der Waals surface area contributed by atoms with E-state index in [-0.39, 0.29) is 0 Å². The van der Waals surface area contributed by atoms with Gasteiger partial charge in [-0.3, -0.25) is 4.98 Å². The van der Waals surface area contributed by atoms with E-state index in [1.165, 1.54) is 5.56 Å². The molecule has 0 aliphatic carbocycles. The van der Waals surface area contributed by atoms with Gasteiger partial charge in [0.2, 0.25) is 5.69 Å². The van der Waals surface area contributed by atoms with Gasteiger partial charge in [0.1, 0.15) is 6.15 Å². The molecule has 0 amide bonds. The van der Waals surface area contributed by atoms with Gasteiger partial charge in [-0.15, -0.1) is 0 Å². The Balaban J connectivity index is 0.000000370. The Hall–Kier alpha value is -7.75. The predicted octanol–water partition coefficient (Wildman–Crippen LogP) is 13.9. The van der Waals surface area contributed by atoms with E-state index in [0.29, 0.717) is 12.0 Å². The molecule has 0 spiro atoms. The van der Waals surface area contributed by atoms with E-state index in [2.05, 4.69) is 21.7 Å². The average Bonchev–Trinajstić information content (AvgIpc) is 3.34. The Morgan fingerprint density at radius 3 is 0.988 bits per heavy atom. The van der Waals surface area contributed by atoms with Crippen molar-refractivity contribution in [1.82, 2.24) is 4.98 Å². The highest BCUT2D eigenvalue weighted by Crippen LogP contribution is 2.41. The summed E-state index contributed by atoms with van der Waals surface area (Å²) >= 11 is 0. The van der Waals surface area contributed by atoms with Crippen LogP contribution in [0.1, 0.15) is 71.7 Å². The van der Waals surface area contributed by atoms with Crippen molar-refractivity contribution in [2.24, 2.45) is 0 Å². The fourth-order valence-corrected chi connectivity index (χ4v) is 8.59. The molecule has 0 atom stereocenters. The number of alkyl halides is 24. The summed E-state index contributed by atoms with van der Waals surface area (Å²) < 4.78 is 343. The molecule has 6 aromatic carbocycles. The van der Waals surface area contributed by atoms with Gasteiger partial charge in [0.15, 0.2) is 12.7 Å². The lowest BCUT2D eigenvalue weighted by Gasteiger charge is -2.46. The normalized spacial score (nSPS) is 13.2. The van der Waals surface area contributed by atoms with Crippen LogP contribution in [-0.2, 0) is 62.4 Å². The van der Waals surface area contributed by atoms with Gasteiger partial charge in [0.25, 0.3) is 0 Å². The Bertz CT molecular complexity index is 2940. The van der Waals surface area contributed by atoms with Crippen LogP contribution in [0.25, 0.3) is 0 Å². The van der Waals surface area contributed by atoms with Crippen LogP contribution >= 0.6 is 0 Å². The highest BCUT2D eigenvalue weighted by atomic mass is 19.4. The fraction of sp³-hybridized carbons (Fsp3) is 0.196. The molecule has 0 saturated carbocycles. The molecular formula is C51H29BF24N2O2. The first-order valence-corrected chi connectivity index (χ1v) is 22.0. The zero-order valence-corrected chi connectivity index (χ0v) is 39.2. The third-order valence-electron chi connectivity index (χ3n) is 12.1. The first-order valence-electron chi connectivity index (χ1n) is 22.0. The lowest BCUT2D eigenvalue weighted by molar-refractivity contribution is -0.695. The second kappa shape index (κ2) is 21.7. The molecular weight excluding hydrogens is 1140 g/mol. The molecule has 0 aliphatic rings. The fourth-order valence-electron chi connectivity index (χ4n) is 8.59. The number of hydrogen-bond acceptors (Lipinski definition) is 2. The van der Waals surface area contributed by atoms with Gasteiger partial charge in [-0.2, -0.15) is 132 Å². The van der Waals surface area contributed by atoms with Gasteiger partial charge in [-0.25, -0.2) is 4.79 Å². The Morgan fingerprint density at radius 2 is 0.700 bits per heavy atom. The van der Waals surface area contributed by atoms with Crippen LogP contribution < -0.4 is 26.4 Å². The number of benzene rings is 6. The minimum absolute atomic E-state index is 0.306. The van der Waals surface area contributed by atoms with Crippen LogP contribution in [0.2, 0.25) is 0 Å². The third-order valence-corrected chi connectivity index (χ3v) is 12.1. The molecule has 0 aliphatic heterocycles. The summed E-state index contributed by atoms with van der Waals surface area (Å²) in [6, 6.07) is 8.43. The van der Waals surface area contributed by atoms with Gasteiger partial charge in [-0.05, 0) is 42.0 Å². The van der Waals surface area contributed by atoms with Crippen molar-refractivity contribution in [3.63, 3.8) is 0 Å². The zero-order chi connectivity index (χ0) is 60.0. The number of carboxylic acids is 1. The highest BCUT2D eigenvalue weighted by Gasteiger charge is 2.47. The number of carbonyl (C=O) groups is 1. The number of rotatable bonds is 9. The van der Waals surface area contributed by atoms with E-state index < -0.39 is 201 Å². The van der Waals surface area contributed by atoms with E-state index in [4.69, 9.17) is 5.11 Å². The first kappa shape index (κ1) is 61.5. The molecule has 0 radical (unpaired) electrons. The molecule has 1 heterocycles. The van der Waals surface area contributed by atoms with Crippen LogP contribution in [0.3, 0.4) is 0 Å². The number of halogens is 24. The molecule has 0 unspecified atom stereocenters. The van der Waals surface area contributed by atoms with Crippen molar-refractivity contribution < 1.29 is 120 Å². The van der Waals surface area contributed by atoms with Crippen LogP contribution in [0.5, 0.6) is 0 Å². The molecule has 1 aromatic heterocycles. The summed E-state index contributed by atoms with van der Waals surface area (Å²) in [5.74, 6) is -0.907. The largest absolute Gasteiger partial charge is 0.478 e. The van der Waals surface area contributed by atoms with E-state index >= 15 is 0 Å². The Labute approximate surface area is 433 Å². The summed E-state index contributed by atoms with van der Waals surface area (Å²) in [4.78, 5) is 15.3. The number of hydrogen-bond donors (Lipinski definition) is 1. The standard InChI is InChI=1S/C32H12BF24.C19H16N2O2/c34-25(35,36)13-1-14(26(37,38)39)6-21(5-13)33(22-7-15(27(40,41)42)2-16(8-22)28(43,44)45,23-9-17(29(46,47)48)3-18(10-23)30(49,50)51)24-11-19(31(52,53)54)4-20(12-24)32(55,56)57;22-19(23)17-8-4-7-16(11-17)12-18-13-20-9-10-21(18)14-15-5-2-1-3-6-15/h1-12H;1-11,13H,12,14H2/q-1;/p+1. The minimum Gasteiger partial charge on any atom is -0.478 e. The second-order valence-corrected chi connectivity index (χ2v) is 17.6. The highest BCUT2D eigenvalue weighted by molar-refractivity contribution is 7.20. The lowest BCUT2D eigenvalue weighted by atomic mass is 9.12. The molecule has 29 heteroatoms. The van der Waals surface area contributed by atoms with Crippen molar-refractivity contribution in [2.45, 2.75) is 62.4 Å². The monoisotopic (exact) mass is 1170 g/mol. The van der Waals surface area contributed by atoms with Crippen LogP contribution in [-0.4, -0.2) is 22.2 Å². The molecule has 7 aromatic rings. The molecule has 0 saturated heterocycles. The number of aromatic nitrogens is 2. The number of carboxylic acid groups (broad SMARTS) is 1. The molecule has 4 nitrogen and oxygen atoms in total. The summed E-state index contributed by atoms with van der Waals surface area (Å²) in [6.45, 7) is 0.761. The second-order valence-electron chi connectivity index (χ2n) is 17.6. The first-order chi connectivity index (χ1) is 36.5. The summed E-state index contributed by atoms with van der Waals surface area (Å²) in [5.41, 5.74) is -26.7. The van der Waals surface area contributed by atoms with Crippen LogP contribution in [0.4, 0.5) is 105 Å². The maximum atomic E-state index is 14.2. The van der Waals surface area contributed by atoms with Gasteiger partial charge in [-0.1, -0.05) is 91.0 Å². The topological polar surface area (TPSA) is 54.1 Å². The molecule has 426 valence electrons. The maximum Gasteiger partial charge on any atom is 0.416 e. The average molecular weight is 1170 g/mol. The Morgan fingerprint density at radius 1 is 0.400 bits per heavy atom. The number of aromatic carboxylic acids is 1. The van der Waals surface area contributed by atoms with Crippen molar-refractivity contribution in [2.75, 3.05) is 0 Å². The smallest absolute Gasteiger partial charge is 0.416 e. The van der Waals surface area contributed by atoms with Gasteiger partial charge in [0.05, 0.1) is 68.9 Å². The third kappa shape index (κ3) is 14.3. The minimum atomic E-state index is -6.13. The summed E-state index contributed by atoms with van der Waals surface area (Å²) in [5, 5.41) is 9.11.